The molecule has 4 heteroatoms. The number of hydrogen-bond donors (Lipinski definition) is 0. The van der Waals surface area contributed by atoms with Crippen LogP contribution in [0.15, 0.2) is 18.2 Å². The van der Waals surface area contributed by atoms with Gasteiger partial charge in [0.2, 0.25) is 5.91 Å². The standard InChI is InChI=1S/C14H20ClNO2/c1-11-5-4-6-13(12(11)2)18-10-9-16(3)14(17)7-8-15/h4-6H,7-10H2,1-3H3. The van der Waals surface area contributed by atoms with Gasteiger partial charge >= 0.3 is 0 Å². The Labute approximate surface area is 114 Å². The molecule has 0 bridgehead atoms. The molecule has 0 atom stereocenters. The molecule has 1 amide bonds. The Morgan fingerprint density at radius 3 is 2.78 bits per heavy atom. The number of amides is 1. The minimum absolute atomic E-state index is 0.0505. The van der Waals surface area contributed by atoms with Crippen molar-refractivity contribution in [1.29, 1.82) is 0 Å². The zero-order valence-electron chi connectivity index (χ0n) is 11.2. The van der Waals surface area contributed by atoms with Gasteiger partial charge in [-0.2, -0.15) is 0 Å². The molecule has 3 nitrogen and oxygen atoms in total. The summed E-state index contributed by atoms with van der Waals surface area (Å²) in [5, 5.41) is 0. The molecule has 0 unspecified atom stereocenters. The van der Waals surface area contributed by atoms with E-state index in [1.165, 1.54) is 5.56 Å². The van der Waals surface area contributed by atoms with Crippen LogP contribution < -0.4 is 4.74 Å². The number of benzene rings is 1. The van der Waals surface area contributed by atoms with Gasteiger partial charge in [-0.15, -0.1) is 11.6 Å². The molecule has 0 aromatic heterocycles. The van der Waals surface area contributed by atoms with Crippen LogP contribution in [0.3, 0.4) is 0 Å². The van der Waals surface area contributed by atoms with Gasteiger partial charge in [0.1, 0.15) is 12.4 Å². The van der Waals surface area contributed by atoms with E-state index in [1.54, 1.807) is 11.9 Å². The molecule has 0 heterocycles. The lowest BCUT2D eigenvalue weighted by molar-refractivity contribution is -0.129. The topological polar surface area (TPSA) is 29.5 Å². The van der Waals surface area contributed by atoms with Crippen LogP contribution in [0.5, 0.6) is 5.75 Å². The molecule has 1 aromatic rings. The Morgan fingerprint density at radius 1 is 1.39 bits per heavy atom. The molecular weight excluding hydrogens is 250 g/mol. The maximum Gasteiger partial charge on any atom is 0.223 e. The molecular formula is C14H20ClNO2. The van der Waals surface area contributed by atoms with E-state index in [0.29, 0.717) is 25.5 Å². The lowest BCUT2D eigenvalue weighted by atomic mass is 10.1. The van der Waals surface area contributed by atoms with Gasteiger partial charge in [-0.1, -0.05) is 12.1 Å². The molecule has 100 valence electrons. The number of likely N-dealkylation sites (N-methyl/N-ethyl adjacent to an activating group) is 1. The molecule has 0 radical (unpaired) electrons. The summed E-state index contributed by atoms with van der Waals surface area (Å²) >= 11 is 5.53. The third-order valence-electron chi connectivity index (χ3n) is 2.97. The van der Waals surface area contributed by atoms with Crippen molar-refractivity contribution in [2.45, 2.75) is 20.3 Å². The fraction of sp³-hybridized carbons (Fsp3) is 0.500. The van der Waals surface area contributed by atoms with Gasteiger partial charge in [-0.05, 0) is 31.0 Å². The average molecular weight is 270 g/mol. The summed E-state index contributed by atoms with van der Waals surface area (Å²) in [4.78, 5) is 13.1. The first kappa shape index (κ1) is 14.8. The maximum absolute atomic E-state index is 11.5. The van der Waals surface area contributed by atoms with Crippen LogP contribution in [0, 0.1) is 13.8 Å². The van der Waals surface area contributed by atoms with E-state index in [0.717, 1.165) is 11.3 Å². The van der Waals surface area contributed by atoms with Crippen molar-refractivity contribution >= 4 is 17.5 Å². The second-order valence-electron chi connectivity index (χ2n) is 4.30. The SMILES string of the molecule is Cc1cccc(OCCN(C)C(=O)CCCl)c1C. The van der Waals surface area contributed by atoms with Crippen LogP contribution in [0.4, 0.5) is 0 Å². The Morgan fingerprint density at radius 2 is 2.11 bits per heavy atom. The first-order chi connectivity index (χ1) is 8.56. The van der Waals surface area contributed by atoms with Gasteiger partial charge in [0, 0.05) is 19.3 Å². The Kier molecular flexibility index (Phi) is 5.99. The molecule has 1 aromatic carbocycles. The number of aryl methyl sites for hydroxylation is 1. The van der Waals surface area contributed by atoms with Gasteiger partial charge in [-0.3, -0.25) is 4.79 Å². The third kappa shape index (κ3) is 4.22. The van der Waals surface area contributed by atoms with Crippen molar-refractivity contribution < 1.29 is 9.53 Å². The number of carbonyl (C=O) groups is 1. The first-order valence-corrected chi connectivity index (χ1v) is 6.58. The van der Waals surface area contributed by atoms with Crippen molar-refractivity contribution in [3.05, 3.63) is 29.3 Å². The van der Waals surface area contributed by atoms with Gasteiger partial charge in [-0.25, -0.2) is 0 Å². The van der Waals surface area contributed by atoms with E-state index < -0.39 is 0 Å². The number of hydrogen-bond acceptors (Lipinski definition) is 2. The van der Waals surface area contributed by atoms with E-state index in [9.17, 15) is 4.79 Å². The molecule has 0 saturated heterocycles. The van der Waals surface area contributed by atoms with Crippen LogP contribution >= 0.6 is 11.6 Å². The van der Waals surface area contributed by atoms with Crippen molar-refractivity contribution in [3.8, 4) is 5.75 Å². The fourth-order valence-corrected chi connectivity index (χ4v) is 1.73. The highest BCUT2D eigenvalue weighted by Gasteiger charge is 2.08. The minimum atomic E-state index is 0.0505. The van der Waals surface area contributed by atoms with Gasteiger partial charge in [0.15, 0.2) is 0 Å². The van der Waals surface area contributed by atoms with E-state index in [-0.39, 0.29) is 5.91 Å². The van der Waals surface area contributed by atoms with Crippen LogP contribution in [0.25, 0.3) is 0 Å². The van der Waals surface area contributed by atoms with Gasteiger partial charge in [0.25, 0.3) is 0 Å². The third-order valence-corrected chi connectivity index (χ3v) is 3.16. The number of halogens is 1. The average Bonchev–Trinajstić information content (AvgIpc) is 2.34. The number of rotatable bonds is 6. The molecule has 0 aliphatic carbocycles. The highest BCUT2D eigenvalue weighted by Crippen LogP contribution is 2.20. The summed E-state index contributed by atoms with van der Waals surface area (Å²) in [6.45, 7) is 5.16. The zero-order chi connectivity index (χ0) is 13.5. The molecule has 0 aliphatic heterocycles. The number of alkyl halides is 1. The summed E-state index contributed by atoms with van der Waals surface area (Å²) in [6, 6.07) is 5.97. The Balaban J connectivity index is 2.42. The smallest absolute Gasteiger partial charge is 0.223 e. The molecule has 0 aliphatic rings. The van der Waals surface area contributed by atoms with Crippen molar-refractivity contribution in [2.75, 3.05) is 26.1 Å². The molecule has 0 fully saturated rings. The van der Waals surface area contributed by atoms with Crippen molar-refractivity contribution in [1.82, 2.24) is 4.90 Å². The largest absolute Gasteiger partial charge is 0.491 e. The monoisotopic (exact) mass is 269 g/mol. The molecule has 18 heavy (non-hydrogen) atoms. The van der Waals surface area contributed by atoms with Crippen LogP contribution in [-0.4, -0.2) is 36.9 Å². The zero-order valence-corrected chi connectivity index (χ0v) is 12.0. The van der Waals surface area contributed by atoms with Crippen molar-refractivity contribution in [2.24, 2.45) is 0 Å². The second-order valence-corrected chi connectivity index (χ2v) is 4.68. The van der Waals surface area contributed by atoms with E-state index >= 15 is 0 Å². The predicted molar refractivity (Wildman–Crippen MR) is 74.4 cm³/mol. The van der Waals surface area contributed by atoms with Crippen LogP contribution in [0.2, 0.25) is 0 Å². The molecule has 0 spiro atoms. The number of carbonyl (C=O) groups excluding carboxylic acids is 1. The van der Waals surface area contributed by atoms with E-state index in [1.807, 2.05) is 19.1 Å². The Hall–Kier alpha value is -1.22. The lowest BCUT2D eigenvalue weighted by Gasteiger charge is -2.17. The second kappa shape index (κ2) is 7.27. The summed E-state index contributed by atoms with van der Waals surface area (Å²) < 4.78 is 5.69. The highest BCUT2D eigenvalue weighted by atomic mass is 35.5. The minimum Gasteiger partial charge on any atom is -0.491 e. The normalized spacial score (nSPS) is 10.2. The summed E-state index contributed by atoms with van der Waals surface area (Å²) in [5.74, 6) is 1.30. The number of nitrogens with zero attached hydrogens (tertiary/aromatic N) is 1. The quantitative estimate of drug-likeness (QED) is 0.743. The van der Waals surface area contributed by atoms with Crippen LogP contribution in [0.1, 0.15) is 17.5 Å². The fourth-order valence-electron chi connectivity index (χ4n) is 1.57. The summed E-state index contributed by atoms with van der Waals surface area (Å²) in [7, 11) is 1.77. The summed E-state index contributed by atoms with van der Waals surface area (Å²) in [6.07, 6.45) is 0.377. The molecule has 0 saturated carbocycles. The van der Waals surface area contributed by atoms with Gasteiger partial charge in [0.05, 0.1) is 6.54 Å². The Bertz CT molecular complexity index is 407. The lowest BCUT2D eigenvalue weighted by Crippen LogP contribution is -2.31. The maximum atomic E-state index is 11.5. The van der Waals surface area contributed by atoms with E-state index in [2.05, 4.69) is 13.0 Å². The van der Waals surface area contributed by atoms with E-state index in [4.69, 9.17) is 16.3 Å². The molecule has 1 rings (SSSR count). The first-order valence-electron chi connectivity index (χ1n) is 6.05. The van der Waals surface area contributed by atoms with Gasteiger partial charge < -0.3 is 9.64 Å². The highest BCUT2D eigenvalue weighted by molar-refractivity contribution is 6.18. The summed E-state index contributed by atoms with van der Waals surface area (Å²) in [5.41, 5.74) is 2.35. The number of ether oxygens (including phenoxy) is 1. The molecule has 0 N–H and O–H groups in total. The predicted octanol–water partition coefficient (Wildman–Crippen LogP) is 2.77. The van der Waals surface area contributed by atoms with Crippen LogP contribution in [-0.2, 0) is 4.79 Å². The van der Waals surface area contributed by atoms with Crippen molar-refractivity contribution in [3.63, 3.8) is 0 Å².